The van der Waals surface area contributed by atoms with Crippen molar-refractivity contribution < 1.29 is 9.32 Å². The zero-order valence-corrected chi connectivity index (χ0v) is 14.3. The van der Waals surface area contributed by atoms with Crippen molar-refractivity contribution in [2.75, 3.05) is 26.2 Å². The molecule has 0 bridgehead atoms. The van der Waals surface area contributed by atoms with Crippen LogP contribution in [0.3, 0.4) is 0 Å². The van der Waals surface area contributed by atoms with Crippen LogP contribution in [0.2, 0.25) is 0 Å². The first kappa shape index (κ1) is 16.5. The van der Waals surface area contributed by atoms with E-state index in [4.69, 9.17) is 10.3 Å². The van der Waals surface area contributed by atoms with Gasteiger partial charge in [0.05, 0.1) is 5.69 Å². The second-order valence-corrected chi connectivity index (χ2v) is 7.03. The van der Waals surface area contributed by atoms with Gasteiger partial charge in [-0.3, -0.25) is 9.69 Å². The van der Waals surface area contributed by atoms with Crippen molar-refractivity contribution in [1.29, 1.82) is 0 Å². The van der Waals surface area contributed by atoms with E-state index < -0.39 is 0 Å². The molecule has 2 aliphatic rings. The van der Waals surface area contributed by atoms with E-state index in [9.17, 15) is 4.79 Å². The van der Waals surface area contributed by atoms with Crippen LogP contribution < -0.4 is 5.73 Å². The molecule has 2 fully saturated rings. The van der Waals surface area contributed by atoms with E-state index >= 15 is 0 Å². The summed E-state index contributed by atoms with van der Waals surface area (Å²) in [6, 6.07) is 0.207. The van der Waals surface area contributed by atoms with Crippen molar-refractivity contribution in [1.82, 2.24) is 15.0 Å². The van der Waals surface area contributed by atoms with Gasteiger partial charge in [0, 0.05) is 50.2 Å². The highest BCUT2D eigenvalue weighted by Crippen LogP contribution is 2.25. The number of nitrogens with two attached hydrogens (primary N) is 1. The first-order valence-corrected chi connectivity index (χ1v) is 8.73. The predicted octanol–water partition coefficient (Wildman–Crippen LogP) is 1.45. The first-order chi connectivity index (χ1) is 11.0. The number of hydrogen-bond donors (Lipinski definition) is 1. The van der Waals surface area contributed by atoms with Gasteiger partial charge in [0.15, 0.2) is 0 Å². The molecule has 1 aliphatic heterocycles. The molecule has 6 heteroatoms. The van der Waals surface area contributed by atoms with Crippen LogP contribution in [0.4, 0.5) is 0 Å². The fourth-order valence-corrected chi connectivity index (χ4v) is 3.79. The Labute approximate surface area is 138 Å². The molecule has 23 heavy (non-hydrogen) atoms. The molecule has 1 saturated carbocycles. The lowest BCUT2D eigenvalue weighted by atomic mass is 9.85. The molecule has 2 unspecified atom stereocenters. The number of rotatable bonds is 3. The van der Waals surface area contributed by atoms with E-state index in [1.807, 2.05) is 18.7 Å². The fourth-order valence-electron chi connectivity index (χ4n) is 3.79. The fraction of sp³-hybridized carbons (Fsp3) is 0.765. The molecule has 128 valence electrons. The van der Waals surface area contributed by atoms with Gasteiger partial charge in [0.2, 0.25) is 5.91 Å². The molecular formula is C17H28N4O2. The lowest BCUT2D eigenvalue weighted by Gasteiger charge is -2.37. The smallest absolute Gasteiger partial charge is 0.225 e. The second kappa shape index (κ2) is 7.01. The standard InChI is InChI=1S/C17H28N4O2/c1-12-16(13(2)23-19-12)11-20-6-8-21(9-7-20)17(22)14-4-3-5-15(18)10-14/h14-15H,3-11,18H2,1-2H3. The van der Waals surface area contributed by atoms with Crippen LogP contribution in [-0.2, 0) is 11.3 Å². The van der Waals surface area contributed by atoms with Gasteiger partial charge in [-0.15, -0.1) is 0 Å². The Morgan fingerprint density at radius 1 is 1.26 bits per heavy atom. The monoisotopic (exact) mass is 320 g/mol. The topological polar surface area (TPSA) is 75.6 Å². The molecule has 1 amide bonds. The first-order valence-electron chi connectivity index (χ1n) is 8.73. The van der Waals surface area contributed by atoms with Gasteiger partial charge in [-0.25, -0.2) is 0 Å². The molecule has 1 saturated heterocycles. The summed E-state index contributed by atoms with van der Waals surface area (Å²) < 4.78 is 5.23. The number of amides is 1. The number of piperazine rings is 1. The summed E-state index contributed by atoms with van der Waals surface area (Å²) in [6.07, 6.45) is 4.02. The number of carbonyl (C=O) groups is 1. The van der Waals surface area contributed by atoms with Crippen molar-refractivity contribution >= 4 is 5.91 Å². The molecule has 0 aromatic carbocycles. The van der Waals surface area contributed by atoms with E-state index in [-0.39, 0.29) is 12.0 Å². The number of carbonyl (C=O) groups excluding carboxylic acids is 1. The van der Waals surface area contributed by atoms with E-state index in [1.54, 1.807) is 0 Å². The number of aryl methyl sites for hydroxylation is 2. The molecule has 0 spiro atoms. The lowest BCUT2D eigenvalue weighted by Crippen LogP contribution is -2.51. The Morgan fingerprint density at radius 3 is 2.61 bits per heavy atom. The summed E-state index contributed by atoms with van der Waals surface area (Å²) in [6.45, 7) is 8.25. The Kier molecular flexibility index (Phi) is 5.02. The van der Waals surface area contributed by atoms with Gasteiger partial charge >= 0.3 is 0 Å². The van der Waals surface area contributed by atoms with Crippen LogP contribution in [0.25, 0.3) is 0 Å². The van der Waals surface area contributed by atoms with Crippen LogP contribution in [0.15, 0.2) is 4.52 Å². The van der Waals surface area contributed by atoms with Gasteiger partial charge in [-0.2, -0.15) is 0 Å². The predicted molar refractivity (Wildman–Crippen MR) is 87.8 cm³/mol. The zero-order valence-electron chi connectivity index (χ0n) is 14.3. The molecule has 1 aromatic heterocycles. The van der Waals surface area contributed by atoms with E-state index in [1.165, 1.54) is 5.56 Å². The summed E-state index contributed by atoms with van der Waals surface area (Å²) in [4.78, 5) is 17.1. The Balaban J connectivity index is 1.51. The molecule has 6 nitrogen and oxygen atoms in total. The van der Waals surface area contributed by atoms with Crippen LogP contribution in [0.5, 0.6) is 0 Å². The highest BCUT2D eigenvalue weighted by atomic mass is 16.5. The molecule has 1 aliphatic carbocycles. The largest absolute Gasteiger partial charge is 0.361 e. The van der Waals surface area contributed by atoms with Crippen molar-refractivity contribution in [3.05, 3.63) is 17.0 Å². The van der Waals surface area contributed by atoms with Crippen molar-refractivity contribution in [3.63, 3.8) is 0 Å². The van der Waals surface area contributed by atoms with Crippen LogP contribution >= 0.6 is 0 Å². The Hall–Kier alpha value is -1.40. The molecule has 2 heterocycles. The summed E-state index contributed by atoms with van der Waals surface area (Å²) in [7, 11) is 0. The minimum atomic E-state index is 0.146. The summed E-state index contributed by atoms with van der Waals surface area (Å²) in [5.74, 6) is 1.36. The summed E-state index contributed by atoms with van der Waals surface area (Å²) in [5.41, 5.74) is 8.18. The Morgan fingerprint density at radius 2 is 2.00 bits per heavy atom. The maximum Gasteiger partial charge on any atom is 0.225 e. The maximum atomic E-state index is 12.7. The summed E-state index contributed by atoms with van der Waals surface area (Å²) in [5, 5.41) is 4.02. The average Bonchev–Trinajstić information content (AvgIpc) is 2.87. The van der Waals surface area contributed by atoms with E-state index in [2.05, 4.69) is 10.1 Å². The third kappa shape index (κ3) is 3.75. The molecule has 0 radical (unpaired) electrons. The number of aromatic nitrogens is 1. The van der Waals surface area contributed by atoms with Gasteiger partial charge in [0.25, 0.3) is 0 Å². The second-order valence-electron chi connectivity index (χ2n) is 7.03. The third-order valence-electron chi connectivity index (χ3n) is 5.31. The minimum Gasteiger partial charge on any atom is -0.361 e. The minimum absolute atomic E-state index is 0.146. The van der Waals surface area contributed by atoms with Gasteiger partial charge in [-0.1, -0.05) is 11.6 Å². The van der Waals surface area contributed by atoms with Crippen molar-refractivity contribution in [2.24, 2.45) is 11.7 Å². The van der Waals surface area contributed by atoms with E-state index in [0.29, 0.717) is 5.91 Å². The van der Waals surface area contributed by atoms with Crippen molar-refractivity contribution in [3.8, 4) is 0 Å². The van der Waals surface area contributed by atoms with Crippen LogP contribution in [0.1, 0.15) is 42.7 Å². The summed E-state index contributed by atoms with van der Waals surface area (Å²) >= 11 is 0. The van der Waals surface area contributed by atoms with Gasteiger partial charge in [-0.05, 0) is 33.1 Å². The van der Waals surface area contributed by atoms with Crippen molar-refractivity contribution in [2.45, 2.75) is 52.1 Å². The SMILES string of the molecule is Cc1noc(C)c1CN1CCN(C(=O)C2CCCC(N)C2)CC1. The molecular weight excluding hydrogens is 292 g/mol. The molecule has 1 aromatic rings. The quantitative estimate of drug-likeness (QED) is 0.912. The van der Waals surface area contributed by atoms with Gasteiger partial charge < -0.3 is 15.2 Å². The van der Waals surface area contributed by atoms with E-state index in [0.717, 1.165) is 69.9 Å². The molecule has 3 rings (SSSR count). The highest BCUT2D eigenvalue weighted by molar-refractivity contribution is 5.79. The van der Waals surface area contributed by atoms with Crippen LogP contribution in [0, 0.1) is 19.8 Å². The van der Waals surface area contributed by atoms with Gasteiger partial charge in [0.1, 0.15) is 5.76 Å². The Bertz CT molecular complexity index is 529. The van der Waals surface area contributed by atoms with Crippen LogP contribution in [-0.4, -0.2) is 53.1 Å². The zero-order chi connectivity index (χ0) is 16.4. The highest BCUT2D eigenvalue weighted by Gasteiger charge is 2.31. The number of nitrogens with zero attached hydrogens (tertiary/aromatic N) is 3. The normalized spacial score (nSPS) is 26.5. The molecule has 2 atom stereocenters. The average molecular weight is 320 g/mol. The maximum absolute atomic E-state index is 12.7. The lowest BCUT2D eigenvalue weighted by molar-refractivity contribution is -0.138. The third-order valence-corrected chi connectivity index (χ3v) is 5.31. The number of hydrogen-bond acceptors (Lipinski definition) is 5. The molecule has 2 N–H and O–H groups in total.